The van der Waals surface area contributed by atoms with Crippen LogP contribution >= 0.6 is 0 Å². The van der Waals surface area contributed by atoms with Gasteiger partial charge in [-0.2, -0.15) is 0 Å². The number of furan rings is 1. The second kappa shape index (κ2) is 10.2. The first kappa shape index (κ1) is 23.0. The van der Waals surface area contributed by atoms with Crippen molar-refractivity contribution in [3.63, 3.8) is 0 Å². The molecule has 0 saturated carbocycles. The van der Waals surface area contributed by atoms with Gasteiger partial charge in [-0.3, -0.25) is 4.79 Å². The van der Waals surface area contributed by atoms with Crippen molar-refractivity contribution in [3.05, 3.63) is 54.3 Å². The van der Waals surface area contributed by atoms with E-state index in [0.717, 1.165) is 64.1 Å². The molecule has 0 aliphatic carbocycles. The van der Waals surface area contributed by atoms with Crippen LogP contribution < -0.4 is 9.47 Å². The molecule has 1 atom stereocenters. The lowest BCUT2D eigenvalue weighted by molar-refractivity contribution is -0.129. The van der Waals surface area contributed by atoms with E-state index in [-0.39, 0.29) is 11.9 Å². The lowest BCUT2D eigenvalue weighted by Gasteiger charge is -2.32. The minimum atomic E-state index is 0.0705. The highest BCUT2D eigenvalue weighted by molar-refractivity contribution is 6.00. The Morgan fingerprint density at radius 2 is 1.88 bits per heavy atom. The van der Waals surface area contributed by atoms with Crippen molar-refractivity contribution in [1.82, 2.24) is 4.90 Å². The fourth-order valence-corrected chi connectivity index (χ4v) is 4.53. The standard InChI is InChI=1S/C28H33NO4/c1-5-31-22-12-10-21(11-13-22)25-18-33-27-17-26(32-6-2)23(16-24(25)27)19(3)15-28(30)29-14-8-7-9-20(29)4/h10-13,15-18,20H,5-9,14H2,1-4H3/b19-15+. The first-order valence-electron chi connectivity index (χ1n) is 11.9. The molecule has 1 amide bonds. The average molecular weight is 448 g/mol. The summed E-state index contributed by atoms with van der Waals surface area (Å²) in [6, 6.07) is 12.3. The van der Waals surface area contributed by atoms with Gasteiger partial charge in [0.25, 0.3) is 0 Å². The zero-order valence-electron chi connectivity index (χ0n) is 20.0. The van der Waals surface area contributed by atoms with Crippen molar-refractivity contribution >= 4 is 22.4 Å². The number of nitrogens with zero attached hydrogens (tertiary/aromatic N) is 1. The molecule has 4 rings (SSSR count). The van der Waals surface area contributed by atoms with Crippen molar-refractivity contribution in [2.45, 2.75) is 53.0 Å². The van der Waals surface area contributed by atoms with Crippen molar-refractivity contribution in [2.24, 2.45) is 0 Å². The van der Waals surface area contributed by atoms with Gasteiger partial charge in [0.05, 0.1) is 19.5 Å². The summed E-state index contributed by atoms with van der Waals surface area (Å²) < 4.78 is 17.4. The molecule has 1 unspecified atom stereocenters. The van der Waals surface area contributed by atoms with E-state index < -0.39 is 0 Å². The summed E-state index contributed by atoms with van der Waals surface area (Å²) in [5, 5.41) is 0.990. The minimum Gasteiger partial charge on any atom is -0.494 e. The van der Waals surface area contributed by atoms with Gasteiger partial charge < -0.3 is 18.8 Å². The molecule has 1 fully saturated rings. The molecule has 2 heterocycles. The zero-order valence-corrected chi connectivity index (χ0v) is 20.0. The number of carbonyl (C=O) groups excluding carboxylic acids is 1. The van der Waals surface area contributed by atoms with Gasteiger partial charge in [-0.05, 0) is 76.3 Å². The molecule has 33 heavy (non-hydrogen) atoms. The molecule has 1 aromatic heterocycles. The van der Waals surface area contributed by atoms with Crippen LogP contribution in [0.5, 0.6) is 11.5 Å². The number of benzene rings is 2. The van der Waals surface area contributed by atoms with Gasteiger partial charge in [0.1, 0.15) is 17.1 Å². The highest BCUT2D eigenvalue weighted by Crippen LogP contribution is 2.38. The Kier molecular flexibility index (Phi) is 7.07. The van der Waals surface area contributed by atoms with E-state index in [1.807, 2.05) is 56.0 Å². The smallest absolute Gasteiger partial charge is 0.247 e. The number of carbonyl (C=O) groups is 1. The summed E-state index contributed by atoms with van der Waals surface area (Å²) in [6.07, 6.45) is 6.85. The molecular formula is C28H33NO4. The van der Waals surface area contributed by atoms with Crippen molar-refractivity contribution in [1.29, 1.82) is 0 Å². The van der Waals surface area contributed by atoms with Crippen LogP contribution in [-0.2, 0) is 4.79 Å². The third-order valence-corrected chi connectivity index (χ3v) is 6.30. The van der Waals surface area contributed by atoms with Gasteiger partial charge in [-0.15, -0.1) is 0 Å². The number of hydrogen-bond donors (Lipinski definition) is 0. The zero-order chi connectivity index (χ0) is 23.4. The largest absolute Gasteiger partial charge is 0.494 e. The highest BCUT2D eigenvalue weighted by atomic mass is 16.5. The van der Waals surface area contributed by atoms with Crippen molar-refractivity contribution in [2.75, 3.05) is 19.8 Å². The number of amides is 1. The number of likely N-dealkylation sites (tertiary alicyclic amines) is 1. The molecule has 5 heteroatoms. The maximum Gasteiger partial charge on any atom is 0.247 e. The van der Waals surface area contributed by atoms with Gasteiger partial charge in [-0.25, -0.2) is 0 Å². The Balaban J connectivity index is 1.72. The fourth-order valence-electron chi connectivity index (χ4n) is 4.53. The molecule has 2 aromatic carbocycles. The molecule has 0 bridgehead atoms. The number of ether oxygens (including phenoxy) is 2. The topological polar surface area (TPSA) is 51.9 Å². The summed E-state index contributed by atoms with van der Waals surface area (Å²) in [5.74, 6) is 1.64. The Morgan fingerprint density at radius 3 is 2.58 bits per heavy atom. The number of hydrogen-bond acceptors (Lipinski definition) is 4. The number of fused-ring (bicyclic) bond motifs is 1. The van der Waals surface area contributed by atoms with E-state index in [1.165, 1.54) is 6.42 Å². The van der Waals surface area contributed by atoms with E-state index in [0.29, 0.717) is 13.2 Å². The number of allylic oxidation sites excluding steroid dienone is 1. The Labute approximate surface area is 196 Å². The maximum atomic E-state index is 13.0. The average Bonchev–Trinajstić information content (AvgIpc) is 3.22. The summed E-state index contributed by atoms with van der Waals surface area (Å²) in [5.41, 5.74) is 4.61. The Bertz CT molecular complexity index is 1140. The molecule has 1 aliphatic heterocycles. The van der Waals surface area contributed by atoms with Crippen LogP contribution in [0.4, 0.5) is 0 Å². The maximum absolute atomic E-state index is 13.0. The summed E-state index contributed by atoms with van der Waals surface area (Å²) in [4.78, 5) is 15.0. The first-order valence-corrected chi connectivity index (χ1v) is 11.9. The molecule has 0 spiro atoms. The van der Waals surface area contributed by atoms with Gasteiger partial charge in [0.15, 0.2) is 0 Å². The summed E-state index contributed by atoms with van der Waals surface area (Å²) in [7, 11) is 0. The third-order valence-electron chi connectivity index (χ3n) is 6.30. The van der Waals surface area contributed by atoms with E-state index in [1.54, 1.807) is 12.3 Å². The lowest BCUT2D eigenvalue weighted by atomic mass is 9.98. The van der Waals surface area contributed by atoms with E-state index in [9.17, 15) is 4.79 Å². The SMILES string of the molecule is CCOc1ccc(-c2coc3cc(OCC)c(/C(C)=C/C(=O)N4CCCCC4C)cc23)cc1. The normalized spacial score (nSPS) is 16.8. The molecular weight excluding hydrogens is 414 g/mol. The first-order chi connectivity index (χ1) is 16.0. The Morgan fingerprint density at radius 1 is 1.12 bits per heavy atom. The predicted octanol–water partition coefficient (Wildman–Crippen LogP) is 6.70. The lowest BCUT2D eigenvalue weighted by Crippen LogP contribution is -2.41. The van der Waals surface area contributed by atoms with Gasteiger partial charge in [-0.1, -0.05) is 12.1 Å². The van der Waals surface area contributed by atoms with Crippen LogP contribution in [0, 0.1) is 0 Å². The van der Waals surface area contributed by atoms with Gasteiger partial charge in [0, 0.05) is 41.2 Å². The predicted molar refractivity (Wildman–Crippen MR) is 133 cm³/mol. The number of rotatable bonds is 7. The number of piperidine rings is 1. The molecule has 174 valence electrons. The van der Waals surface area contributed by atoms with Crippen LogP contribution in [0.2, 0.25) is 0 Å². The van der Waals surface area contributed by atoms with Crippen LogP contribution in [0.25, 0.3) is 27.7 Å². The van der Waals surface area contributed by atoms with Crippen molar-refractivity contribution in [3.8, 4) is 22.6 Å². The van der Waals surface area contributed by atoms with Crippen molar-refractivity contribution < 1.29 is 18.7 Å². The highest BCUT2D eigenvalue weighted by Gasteiger charge is 2.22. The van der Waals surface area contributed by atoms with Gasteiger partial charge in [0.2, 0.25) is 5.91 Å². The second-order valence-electron chi connectivity index (χ2n) is 8.59. The van der Waals surface area contributed by atoms with E-state index >= 15 is 0 Å². The Hall–Kier alpha value is -3.21. The van der Waals surface area contributed by atoms with E-state index in [4.69, 9.17) is 13.9 Å². The third kappa shape index (κ3) is 4.92. The van der Waals surface area contributed by atoms with Crippen LogP contribution in [-0.4, -0.2) is 36.6 Å². The quantitative estimate of drug-likeness (QED) is 0.378. The van der Waals surface area contributed by atoms with Crippen LogP contribution in [0.1, 0.15) is 52.5 Å². The minimum absolute atomic E-state index is 0.0705. The molecule has 1 aliphatic rings. The molecule has 0 N–H and O–H groups in total. The molecule has 1 saturated heterocycles. The van der Waals surface area contributed by atoms with Crippen LogP contribution in [0.15, 0.2) is 53.2 Å². The molecule has 0 radical (unpaired) electrons. The molecule has 5 nitrogen and oxygen atoms in total. The summed E-state index contributed by atoms with van der Waals surface area (Å²) in [6.45, 7) is 10.0. The monoisotopic (exact) mass is 447 g/mol. The molecule has 3 aromatic rings. The van der Waals surface area contributed by atoms with Crippen LogP contribution in [0.3, 0.4) is 0 Å². The summed E-state index contributed by atoms with van der Waals surface area (Å²) >= 11 is 0. The van der Waals surface area contributed by atoms with Gasteiger partial charge >= 0.3 is 0 Å². The fraction of sp³-hybridized carbons (Fsp3) is 0.393. The van der Waals surface area contributed by atoms with E-state index in [2.05, 4.69) is 13.0 Å². The second-order valence-corrected chi connectivity index (χ2v) is 8.59.